The van der Waals surface area contributed by atoms with Crippen LogP contribution in [0.5, 0.6) is 0 Å². The van der Waals surface area contributed by atoms with Gasteiger partial charge in [-0.3, -0.25) is 4.79 Å². The second-order valence-corrected chi connectivity index (χ2v) is 6.90. The van der Waals surface area contributed by atoms with Crippen molar-refractivity contribution in [3.05, 3.63) is 17.0 Å². The molecule has 2 unspecified atom stereocenters. The first-order valence-electron chi connectivity index (χ1n) is 8.97. The molecule has 1 aromatic rings. The molecule has 0 spiro atoms. The number of nitrogens with one attached hydrogen (secondary N) is 1. The lowest BCUT2D eigenvalue weighted by atomic mass is 9.80. The molecule has 1 N–H and O–H groups in total. The van der Waals surface area contributed by atoms with Crippen LogP contribution in [0.15, 0.2) is 4.52 Å². The number of carbonyl (C=O) groups is 1. The Hall–Kier alpha value is -1.95. The highest BCUT2D eigenvalue weighted by molar-refractivity contribution is 5.85. The number of amides is 1. The van der Waals surface area contributed by atoms with Crippen molar-refractivity contribution in [2.75, 3.05) is 26.4 Å². The van der Waals surface area contributed by atoms with E-state index in [4.69, 9.17) is 18.7 Å². The average molecular weight is 363 g/mol. The van der Waals surface area contributed by atoms with Crippen LogP contribution >= 0.6 is 0 Å². The van der Waals surface area contributed by atoms with E-state index in [0.717, 1.165) is 17.0 Å². The molecule has 8 nitrogen and oxygen atoms in total. The van der Waals surface area contributed by atoms with Crippen molar-refractivity contribution in [3.8, 4) is 6.07 Å². The van der Waals surface area contributed by atoms with Crippen molar-refractivity contribution in [1.29, 1.82) is 5.26 Å². The second-order valence-electron chi connectivity index (χ2n) is 6.90. The van der Waals surface area contributed by atoms with Crippen molar-refractivity contribution >= 4 is 5.91 Å². The summed E-state index contributed by atoms with van der Waals surface area (Å²) in [6, 6.07) is 1.91. The zero-order valence-electron chi connectivity index (χ0n) is 15.2. The molecule has 2 fully saturated rings. The van der Waals surface area contributed by atoms with Crippen LogP contribution in [0, 0.1) is 30.6 Å². The lowest BCUT2D eigenvalue weighted by Gasteiger charge is -2.35. The van der Waals surface area contributed by atoms with E-state index in [9.17, 15) is 10.1 Å². The van der Waals surface area contributed by atoms with Crippen molar-refractivity contribution in [1.82, 2.24) is 10.5 Å². The van der Waals surface area contributed by atoms with Gasteiger partial charge in [0.05, 0.1) is 37.1 Å². The molecule has 2 saturated heterocycles. The van der Waals surface area contributed by atoms with Crippen molar-refractivity contribution in [2.45, 2.75) is 51.9 Å². The first kappa shape index (κ1) is 18.8. The van der Waals surface area contributed by atoms with Gasteiger partial charge in [-0.1, -0.05) is 5.16 Å². The first-order chi connectivity index (χ1) is 12.6. The molecule has 2 aliphatic rings. The van der Waals surface area contributed by atoms with Gasteiger partial charge in [-0.25, -0.2) is 0 Å². The zero-order valence-corrected chi connectivity index (χ0v) is 15.2. The largest absolute Gasteiger partial charge is 0.381 e. The highest BCUT2D eigenvalue weighted by atomic mass is 16.5. The molecule has 26 heavy (non-hydrogen) atoms. The summed E-state index contributed by atoms with van der Waals surface area (Å²) in [5, 5.41) is 16.5. The Balaban J connectivity index is 1.63. The predicted octanol–water partition coefficient (Wildman–Crippen LogP) is 1.40. The minimum absolute atomic E-state index is 0.183. The van der Waals surface area contributed by atoms with Gasteiger partial charge in [-0.15, -0.1) is 0 Å². The number of nitriles is 1. The van der Waals surface area contributed by atoms with Crippen molar-refractivity contribution in [2.24, 2.45) is 5.41 Å². The summed E-state index contributed by atoms with van der Waals surface area (Å²) in [5.74, 6) is 0.477. The average Bonchev–Trinajstić information content (AvgIpc) is 2.99. The number of carbonyl (C=O) groups excluding carboxylic acids is 1. The van der Waals surface area contributed by atoms with Crippen molar-refractivity contribution in [3.63, 3.8) is 0 Å². The minimum Gasteiger partial charge on any atom is -0.381 e. The third kappa shape index (κ3) is 3.90. The molecule has 0 radical (unpaired) electrons. The summed E-state index contributed by atoms with van der Waals surface area (Å²) in [5.41, 5.74) is 0.710. The quantitative estimate of drug-likeness (QED) is 0.842. The number of hydrogen-bond acceptors (Lipinski definition) is 7. The maximum atomic E-state index is 12.8. The van der Waals surface area contributed by atoms with Gasteiger partial charge in [0.1, 0.15) is 11.2 Å². The highest BCUT2D eigenvalue weighted by Crippen LogP contribution is 2.30. The van der Waals surface area contributed by atoms with Crippen LogP contribution in [0.1, 0.15) is 36.3 Å². The predicted molar refractivity (Wildman–Crippen MR) is 90.0 cm³/mol. The third-order valence-corrected chi connectivity index (χ3v) is 5.23. The number of nitrogens with zero attached hydrogens (tertiary/aromatic N) is 2. The number of aromatic nitrogens is 1. The third-order valence-electron chi connectivity index (χ3n) is 5.23. The summed E-state index contributed by atoms with van der Waals surface area (Å²) in [6.45, 7) is 5.90. The van der Waals surface area contributed by atoms with E-state index in [1.165, 1.54) is 0 Å². The van der Waals surface area contributed by atoms with Crippen LogP contribution < -0.4 is 5.32 Å². The Bertz CT molecular complexity index is 655. The van der Waals surface area contributed by atoms with Gasteiger partial charge in [0, 0.05) is 25.4 Å². The van der Waals surface area contributed by atoms with Gasteiger partial charge in [0.2, 0.25) is 5.91 Å². The first-order valence-corrected chi connectivity index (χ1v) is 8.97. The van der Waals surface area contributed by atoms with E-state index in [1.54, 1.807) is 0 Å². The molecule has 142 valence electrons. The molecule has 8 heteroatoms. The smallest absolute Gasteiger partial charge is 0.241 e. The van der Waals surface area contributed by atoms with Crippen LogP contribution in [0.3, 0.4) is 0 Å². The van der Waals surface area contributed by atoms with E-state index < -0.39 is 5.41 Å². The van der Waals surface area contributed by atoms with Crippen LogP contribution in [0.25, 0.3) is 0 Å². The number of aryl methyl sites for hydroxylation is 2. The lowest BCUT2D eigenvalue weighted by Crippen LogP contribution is -2.55. The molecule has 2 aliphatic heterocycles. The van der Waals surface area contributed by atoms with Crippen LogP contribution in [-0.4, -0.2) is 49.6 Å². The van der Waals surface area contributed by atoms with Gasteiger partial charge in [0.15, 0.2) is 0 Å². The second kappa shape index (κ2) is 8.16. The molecule has 3 heterocycles. The Morgan fingerprint density at radius 3 is 2.77 bits per heavy atom. The maximum Gasteiger partial charge on any atom is 0.241 e. The Kier molecular flexibility index (Phi) is 5.91. The summed E-state index contributed by atoms with van der Waals surface area (Å²) in [7, 11) is 0. The maximum absolute atomic E-state index is 12.8. The molecule has 0 aromatic carbocycles. The Labute approximate surface area is 152 Å². The molecule has 0 saturated carbocycles. The van der Waals surface area contributed by atoms with E-state index in [0.29, 0.717) is 52.3 Å². The normalized spacial score (nSPS) is 25.4. The van der Waals surface area contributed by atoms with E-state index >= 15 is 0 Å². The van der Waals surface area contributed by atoms with Gasteiger partial charge in [0.25, 0.3) is 0 Å². The lowest BCUT2D eigenvalue weighted by molar-refractivity contribution is -0.137. The summed E-state index contributed by atoms with van der Waals surface area (Å²) < 4.78 is 22.0. The van der Waals surface area contributed by atoms with Gasteiger partial charge >= 0.3 is 0 Å². The molecule has 1 amide bonds. The Morgan fingerprint density at radius 1 is 1.35 bits per heavy atom. The molecule has 3 rings (SSSR count). The molecule has 0 aliphatic carbocycles. The highest BCUT2D eigenvalue weighted by Gasteiger charge is 2.42. The van der Waals surface area contributed by atoms with Gasteiger partial charge in [-0.05, 0) is 33.1 Å². The monoisotopic (exact) mass is 363 g/mol. The van der Waals surface area contributed by atoms with Crippen LogP contribution in [0.4, 0.5) is 0 Å². The fourth-order valence-corrected chi connectivity index (χ4v) is 3.37. The summed E-state index contributed by atoms with van der Waals surface area (Å²) in [6.07, 6.45) is 1.31. The van der Waals surface area contributed by atoms with E-state index in [2.05, 4.69) is 16.5 Å². The van der Waals surface area contributed by atoms with Gasteiger partial charge < -0.3 is 24.1 Å². The number of hydrogen-bond donors (Lipinski definition) is 1. The summed E-state index contributed by atoms with van der Waals surface area (Å²) in [4.78, 5) is 12.8. The molecule has 1 aromatic heterocycles. The summed E-state index contributed by atoms with van der Waals surface area (Å²) >= 11 is 0. The standard InChI is InChI=1S/C18H25N3O5/c1-12-14(13(2)26-21-12)9-25-16-3-6-24-10-15(16)20-17(22)18(11-19)4-7-23-8-5-18/h15-16H,3-10H2,1-2H3,(H,20,22). The molecule has 2 atom stereocenters. The minimum atomic E-state index is -1.03. The molecule has 0 bridgehead atoms. The van der Waals surface area contributed by atoms with Crippen LogP contribution in [0.2, 0.25) is 0 Å². The van der Waals surface area contributed by atoms with E-state index in [-0.39, 0.29) is 18.1 Å². The van der Waals surface area contributed by atoms with Crippen LogP contribution in [-0.2, 0) is 25.6 Å². The molecular formula is C18H25N3O5. The SMILES string of the molecule is Cc1noc(C)c1COC1CCOCC1NC(=O)C1(C#N)CCOCC1. The number of rotatable bonds is 5. The molecular weight excluding hydrogens is 338 g/mol. The van der Waals surface area contributed by atoms with Crippen molar-refractivity contribution < 1.29 is 23.5 Å². The zero-order chi connectivity index (χ0) is 18.6. The number of ether oxygens (including phenoxy) is 3. The fraction of sp³-hybridized carbons (Fsp3) is 0.722. The Morgan fingerprint density at radius 2 is 2.12 bits per heavy atom. The van der Waals surface area contributed by atoms with E-state index in [1.807, 2.05) is 13.8 Å². The van der Waals surface area contributed by atoms with Gasteiger partial charge in [-0.2, -0.15) is 5.26 Å². The fourth-order valence-electron chi connectivity index (χ4n) is 3.37. The topological polar surface area (TPSA) is 107 Å².